The molecule has 1 aromatic heterocycles. The number of hydrogen-bond acceptors (Lipinski definition) is 3. The maximum absolute atomic E-state index is 12.7. The van der Waals surface area contributed by atoms with Crippen LogP contribution < -0.4 is 10.1 Å². The number of carbonyl (C=O) groups is 1. The maximum atomic E-state index is 12.7. The lowest BCUT2D eigenvalue weighted by Gasteiger charge is -2.24. The molecule has 0 bridgehead atoms. The van der Waals surface area contributed by atoms with Crippen molar-refractivity contribution in [2.75, 3.05) is 6.61 Å². The molecule has 1 amide bonds. The van der Waals surface area contributed by atoms with Gasteiger partial charge in [-0.25, -0.2) is 0 Å². The second-order valence-corrected chi connectivity index (χ2v) is 6.71. The number of fused-ring (bicyclic) bond motifs is 2. The third-order valence-corrected chi connectivity index (χ3v) is 4.93. The van der Waals surface area contributed by atoms with E-state index in [0.717, 1.165) is 46.4 Å². The Morgan fingerprint density at radius 1 is 1.27 bits per heavy atom. The number of nitrogens with one attached hydrogen (secondary N) is 1. The van der Waals surface area contributed by atoms with Crippen LogP contribution in [0.4, 0.5) is 0 Å². The lowest BCUT2D eigenvalue weighted by Crippen LogP contribution is -2.34. The summed E-state index contributed by atoms with van der Waals surface area (Å²) < 4.78 is 12.1. The SMILES string of the molecule is O=C(NC1CCCc2occc21)C1COc2ccc(Br)cc21. The average Bonchev–Trinajstić information content (AvgIpc) is 3.13. The molecule has 0 radical (unpaired) electrons. The third-order valence-electron chi connectivity index (χ3n) is 4.44. The first-order valence-corrected chi connectivity index (χ1v) is 8.30. The molecule has 2 heterocycles. The molecule has 2 unspecified atom stereocenters. The summed E-state index contributed by atoms with van der Waals surface area (Å²) in [6, 6.07) is 7.82. The Morgan fingerprint density at radius 3 is 3.09 bits per heavy atom. The van der Waals surface area contributed by atoms with Crippen molar-refractivity contribution in [3.8, 4) is 5.75 Å². The van der Waals surface area contributed by atoms with Crippen molar-refractivity contribution in [2.24, 2.45) is 0 Å². The Balaban J connectivity index is 1.55. The molecular formula is C17H16BrNO3. The predicted octanol–water partition coefficient (Wildman–Crippen LogP) is 3.71. The van der Waals surface area contributed by atoms with Crippen LogP contribution in [0.2, 0.25) is 0 Å². The van der Waals surface area contributed by atoms with E-state index in [1.54, 1.807) is 6.26 Å². The zero-order valence-electron chi connectivity index (χ0n) is 12.0. The molecule has 0 fully saturated rings. The number of amides is 1. The number of rotatable bonds is 2. The number of benzene rings is 1. The molecule has 5 heteroatoms. The van der Waals surface area contributed by atoms with E-state index < -0.39 is 0 Å². The van der Waals surface area contributed by atoms with Gasteiger partial charge >= 0.3 is 0 Å². The fraction of sp³-hybridized carbons (Fsp3) is 0.353. The highest BCUT2D eigenvalue weighted by Crippen LogP contribution is 2.37. The molecular weight excluding hydrogens is 346 g/mol. The quantitative estimate of drug-likeness (QED) is 0.886. The van der Waals surface area contributed by atoms with Gasteiger partial charge in [-0.3, -0.25) is 4.79 Å². The molecule has 2 aliphatic rings. The maximum Gasteiger partial charge on any atom is 0.231 e. The fourth-order valence-electron chi connectivity index (χ4n) is 3.31. The van der Waals surface area contributed by atoms with Crippen molar-refractivity contribution < 1.29 is 13.9 Å². The molecule has 2 atom stereocenters. The monoisotopic (exact) mass is 361 g/mol. The Bertz CT molecular complexity index is 724. The average molecular weight is 362 g/mol. The minimum Gasteiger partial charge on any atom is -0.492 e. The van der Waals surface area contributed by atoms with E-state index in [-0.39, 0.29) is 17.9 Å². The van der Waals surface area contributed by atoms with Gasteiger partial charge in [0, 0.05) is 22.0 Å². The zero-order chi connectivity index (χ0) is 15.1. The third kappa shape index (κ3) is 2.33. The van der Waals surface area contributed by atoms with Crippen LogP contribution in [0.3, 0.4) is 0 Å². The van der Waals surface area contributed by atoms with Crippen LogP contribution in [0.1, 0.15) is 41.7 Å². The van der Waals surface area contributed by atoms with E-state index in [9.17, 15) is 4.79 Å². The topological polar surface area (TPSA) is 51.5 Å². The van der Waals surface area contributed by atoms with Gasteiger partial charge in [0.05, 0.1) is 12.3 Å². The molecule has 22 heavy (non-hydrogen) atoms. The smallest absolute Gasteiger partial charge is 0.231 e. The van der Waals surface area contributed by atoms with Crippen LogP contribution in [-0.4, -0.2) is 12.5 Å². The molecule has 1 aliphatic carbocycles. The van der Waals surface area contributed by atoms with Gasteiger partial charge in [-0.1, -0.05) is 15.9 Å². The summed E-state index contributed by atoms with van der Waals surface area (Å²) in [7, 11) is 0. The molecule has 0 saturated heterocycles. The Hall–Kier alpha value is -1.75. The fourth-order valence-corrected chi connectivity index (χ4v) is 3.69. The first-order valence-electron chi connectivity index (χ1n) is 7.51. The van der Waals surface area contributed by atoms with E-state index >= 15 is 0 Å². The van der Waals surface area contributed by atoms with Crippen molar-refractivity contribution in [2.45, 2.75) is 31.2 Å². The number of furan rings is 1. The molecule has 1 aromatic carbocycles. The van der Waals surface area contributed by atoms with Crippen molar-refractivity contribution in [3.63, 3.8) is 0 Å². The molecule has 0 spiro atoms. The summed E-state index contributed by atoms with van der Waals surface area (Å²) in [5.41, 5.74) is 2.07. The summed E-state index contributed by atoms with van der Waals surface area (Å²) in [6.45, 7) is 0.405. The van der Waals surface area contributed by atoms with Gasteiger partial charge in [0.15, 0.2) is 0 Å². The van der Waals surface area contributed by atoms with E-state index in [1.807, 2.05) is 24.3 Å². The highest BCUT2D eigenvalue weighted by molar-refractivity contribution is 9.10. The highest BCUT2D eigenvalue weighted by Gasteiger charge is 2.33. The lowest BCUT2D eigenvalue weighted by atomic mass is 9.92. The Kier molecular flexibility index (Phi) is 3.45. The highest BCUT2D eigenvalue weighted by atomic mass is 79.9. The molecule has 1 N–H and O–H groups in total. The first-order chi connectivity index (χ1) is 10.7. The van der Waals surface area contributed by atoms with Crippen LogP contribution in [0.25, 0.3) is 0 Å². The second-order valence-electron chi connectivity index (χ2n) is 5.80. The van der Waals surface area contributed by atoms with Gasteiger partial charge in [-0.2, -0.15) is 0 Å². The number of hydrogen-bond donors (Lipinski definition) is 1. The van der Waals surface area contributed by atoms with Crippen molar-refractivity contribution in [1.82, 2.24) is 5.32 Å². The summed E-state index contributed by atoms with van der Waals surface area (Å²) in [5.74, 6) is 1.58. The molecule has 2 aromatic rings. The minimum atomic E-state index is -0.246. The van der Waals surface area contributed by atoms with Gasteiger partial charge in [-0.05, 0) is 37.1 Å². The zero-order valence-corrected chi connectivity index (χ0v) is 13.6. The van der Waals surface area contributed by atoms with Gasteiger partial charge in [0.1, 0.15) is 24.0 Å². The molecule has 1 aliphatic heterocycles. The van der Waals surface area contributed by atoms with Gasteiger partial charge in [0.2, 0.25) is 5.91 Å². The normalized spacial score (nSPS) is 22.6. The summed E-state index contributed by atoms with van der Waals surface area (Å²) in [5, 5.41) is 3.17. The number of carbonyl (C=O) groups excluding carboxylic acids is 1. The number of aryl methyl sites for hydroxylation is 1. The lowest BCUT2D eigenvalue weighted by molar-refractivity contribution is -0.123. The minimum absolute atomic E-state index is 0.0240. The van der Waals surface area contributed by atoms with Gasteiger partial charge < -0.3 is 14.5 Å². The second kappa shape index (κ2) is 5.47. The van der Waals surface area contributed by atoms with Crippen LogP contribution in [0, 0.1) is 0 Å². The van der Waals surface area contributed by atoms with Crippen molar-refractivity contribution in [1.29, 1.82) is 0 Å². The van der Waals surface area contributed by atoms with E-state index in [1.165, 1.54) is 0 Å². The molecule has 4 rings (SSSR count). The number of ether oxygens (including phenoxy) is 1. The van der Waals surface area contributed by atoms with Gasteiger partial charge in [0.25, 0.3) is 0 Å². The number of halogens is 1. The molecule has 4 nitrogen and oxygen atoms in total. The molecule has 114 valence electrons. The van der Waals surface area contributed by atoms with E-state index in [2.05, 4.69) is 21.2 Å². The van der Waals surface area contributed by atoms with Crippen LogP contribution in [-0.2, 0) is 11.2 Å². The largest absolute Gasteiger partial charge is 0.492 e. The Morgan fingerprint density at radius 2 is 2.18 bits per heavy atom. The van der Waals surface area contributed by atoms with E-state index in [0.29, 0.717) is 6.61 Å². The molecule has 0 saturated carbocycles. The summed E-state index contributed by atoms with van der Waals surface area (Å²) >= 11 is 3.46. The standard InChI is InChI=1S/C17H16BrNO3/c18-10-4-5-16-12(8-10)13(9-22-16)17(20)19-14-2-1-3-15-11(14)6-7-21-15/h4-8,13-14H,1-3,9H2,(H,19,20). The van der Waals surface area contributed by atoms with E-state index in [4.69, 9.17) is 9.15 Å². The van der Waals surface area contributed by atoms with Crippen LogP contribution in [0.15, 0.2) is 39.4 Å². The summed E-state index contributed by atoms with van der Waals surface area (Å²) in [6.07, 6.45) is 4.66. The Labute approximate surface area is 137 Å². The first kappa shape index (κ1) is 13.9. The van der Waals surface area contributed by atoms with Crippen molar-refractivity contribution >= 4 is 21.8 Å². The summed E-state index contributed by atoms with van der Waals surface area (Å²) in [4.78, 5) is 12.7. The van der Waals surface area contributed by atoms with Crippen molar-refractivity contribution in [3.05, 3.63) is 51.9 Å². The van der Waals surface area contributed by atoms with Gasteiger partial charge in [-0.15, -0.1) is 0 Å². The predicted molar refractivity (Wildman–Crippen MR) is 84.9 cm³/mol. The van der Waals surface area contributed by atoms with Crippen LogP contribution in [0.5, 0.6) is 5.75 Å². The van der Waals surface area contributed by atoms with Crippen LogP contribution >= 0.6 is 15.9 Å².